The van der Waals surface area contributed by atoms with E-state index >= 15 is 0 Å². The number of nitrogens with one attached hydrogen (secondary N) is 1. The van der Waals surface area contributed by atoms with Crippen molar-refractivity contribution in [1.82, 2.24) is 19.8 Å². The summed E-state index contributed by atoms with van der Waals surface area (Å²) in [5, 5.41) is 2.82. The number of aromatic nitrogens is 2. The highest BCUT2D eigenvalue weighted by atomic mass is 16.2. The van der Waals surface area contributed by atoms with Gasteiger partial charge in [-0.1, -0.05) is 6.07 Å². The summed E-state index contributed by atoms with van der Waals surface area (Å²) < 4.78 is 2.04. The number of benzene rings is 1. The van der Waals surface area contributed by atoms with Gasteiger partial charge in [-0.25, -0.2) is 9.78 Å². The van der Waals surface area contributed by atoms with Crippen molar-refractivity contribution in [1.29, 1.82) is 0 Å². The average Bonchev–Trinajstić information content (AvgIpc) is 3.30. The summed E-state index contributed by atoms with van der Waals surface area (Å²) in [7, 11) is 2.00. The van der Waals surface area contributed by atoms with E-state index in [1.807, 2.05) is 54.0 Å². The molecule has 1 aromatic carbocycles. The smallest absolute Gasteiger partial charge is 0.322 e. The molecule has 0 spiro atoms. The number of carbonyl (C=O) groups excluding carboxylic acids is 2. The van der Waals surface area contributed by atoms with Crippen molar-refractivity contribution < 1.29 is 9.59 Å². The lowest BCUT2D eigenvalue weighted by atomic mass is 9.96. The van der Waals surface area contributed by atoms with Crippen molar-refractivity contribution in [2.24, 2.45) is 7.05 Å². The minimum absolute atomic E-state index is 0.0229. The Morgan fingerprint density at radius 1 is 1.30 bits per heavy atom. The highest BCUT2D eigenvalue weighted by Gasteiger charge is 2.29. The summed E-state index contributed by atoms with van der Waals surface area (Å²) in [4.78, 5) is 33.3. The zero-order valence-electron chi connectivity index (χ0n) is 15.8. The maximum atomic E-state index is 13.1. The quantitative estimate of drug-likeness (QED) is 0.905. The molecule has 4 rings (SSSR count). The van der Waals surface area contributed by atoms with E-state index in [4.69, 9.17) is 0 Å². The van der Waals surface area contributed by atoms with E-state index in [1.54, 1.807) is 4.90 Å². The van der Waals surface area contributed by atoms with E-state index in [2.05, 4.69) is 10.3 Å². The standard InChI is InChI=1S/C20H25N5O2/c1-14-5-6-15(12-17(14)25-11-8-22-20(25)27)19(26)24-9-3-4-16(13-24)18-21-7-10-23(18)2/h5-7,10,12,16H,3-4,8-9,11,13H2,1-2H3,(H,22,27)/t16-/m1/s1. The van der Waals surface area contributed by atoms with Gasteiger partial charge in [0, 0.05) is 62.8 Å². The largest absolute Gasteiger partial charge is 0.338 e. The van der Waals surface area contributed by atoms with E-state index < -0.39 is 0 Å². The van der Waals surface area contributed by atoms with E-state index in [9.17, 15) is 9.59 Å². The molecule has 3 heterocycles. The molecule has 27 heavy (non-hydrogen) atoms. The number of hydrogen-bond donors (Lipinski definition) is 1. The number of hydrogen-bond acceptors (Lipinski definition) is 3. The Morgan fingerprint density at radius 3 is 2.85 bits per heavy atom. The van der Waals surface area contributed by atoms with Crippen molar-refractivity contribution in [3.05, 3.63) is 47.5 Å². The predicted octanol–water partition coefficient (Wildman–Crippen LogP) is 2.28. The van der Waals surface area contributed by atoms with Gasteiger partial charge >= 0.3 is 6.03 Å². The first-order valence-electron chi connectivity index (χ1n) is 9.47. The molecule has 2 aliphatic rings. The van der Waals surface area contributed by atoms with E-state index in [-0.39, 0.29) is 17.9 Å². The number of piperidine rings is 1. The van der Waals surface area contributed by atoms with Gasteiger partial charge in [-0.15, -0.1) is 0 Å². The van der Waals surface area contributed by atoms with Crippen LogP contribution in [-0.4, -0.2) is 52.6 Å². The topological polar surface area (TPSA) is 70.5 Å². The lowest BCUT2D eigenvalue weighted by molar-refractivity contribution is 0.0703. The van der Waals surface area contributed by atoms with Crippen molar-refractivity contribution in [3.8, 4) is 0 Å². The molecule has 1 aromatic heterocycles. The fraction of sp³-hybridized carbons (Fsp3) is 0.450. The molecule has 1 N–H and O–H groups in total. The minimum Gasteiger partial charge on any atom is -0.338 e. The highest BCUT2D eigenvalue weighted by molar-refractivity contribution is 5.99. The van der Waals surface area contributed by atoms with Crippen LogP contribution in [0.1, 0.15) is 40.5 Å². The number of aryl methyl sites for hydroxylation is 2. The molecule has 0 radical (unpaired) electrons. The minimum atomic E-state index is -0.101. The summed E-state index contributed by atoms with van der Waals surface area (Å²) in [5.74, 6) is 1.32. The third kappa shape index (κ3) is 3.29. The maximum Gasteiger partial charge on any atom is 0.322 e. The molecular weight excluding hydrogens is 342 g/mol. The predicted molar refractivity (Wildman–Crippen MR) is 103 cm³/mol. The number of carbonyl (C=O) groups is 2. The third-order valence-electron chi connectivity index (χ3n) is 5.54. The molecular formula is C20H25N5O2. The highest BCUT2D eigenvalue weighted by Crippen LogP contribution is 2.28. The lowest BCUT2D eigenvalue weighted by Gasteiger charge is -2.32. The van der Waals surface area contributed by atoms with Crippen LogP contribution in [0.2, 0.25) is 0 Å². The van der Waals surface area contributed by atoms with Crippen LogP contribution in [0.15, 0.2) is 30.6 Å². The van der Waals surface area contributed by atoms with Crippen molar-refractivity contribution >= 4 is 17.6 Å². The molecule has 2 fully saturated rings. The van der Waals surface area contributed by atoms with Gasteiger partial charge in [0.15, 0.2) is 0 Å². The summed E-state index contributed by atoms with van der Waals surface area (Å²) in [5.41, 5.74) is 2.44. The van der Waals surface area contributed by atoms with Gasteiger partial charge in [-0.3, -0.25) is 9.69 Å². The molecule has 2 aliphatic heterocycles. The van der Waals surface area contributed by atoms with Gasteiger partial charge in [0.1, 0.15) is 5.82 Å². The maximum absolute atomic E-state index is 13.1. The van der Waals surface area contributed by atoms with Gasteiger partial charge in [-0.05, 0) is 37.5 Å². The Hall–Kier alpha value is -2.83. The van der Waals surface area contributed by atoms with E-state index in [1.165, 1.54) is 0 Å². The second-order valence-corrected chi connectivity index (χ2v) is 7.37. The number of likely N-dealkylation sites (tertiary alicyclic amines) is 1. The first-order chi connectivity index (χ1) is 13.0. The van der Waals surface area contributed by atoms with Crippen LogP contribution in [-0.2, 0) is 7.05 Å². The van der Waals surface area contributed by atoms with Crippen LogP contribution in [0, 0.1) is 6.92 Å². The molecule has 3 amide bonds. The van der Waals surface area contributed by atoms with Crippen LogP contribution in [0.3, 0.4) is 0 Å². The molecule has 2 aromatic rings. The number of nitrogens with zero attached hydrogens (tertiary/aromatic N) is 4. The zero-order valence-corrected chi connectivity index (χ0v) is 15.8. The second-order valence-electron chi connectivity index (χ2n) is 7.37. The summed E-state index contributed by atoms with van der Waals surface area (Å²) in [6, 6.07) is 5.54. The summed E-state index contributed by atoms with van der Waals surface area (Å²) in [6.45, 7) is 4.66. The van der Waals surface area contributed by atoms with E-state index in [0.29, 0.717) is 25.2 Å². The molecule has 7 nitrogen and oxygen atoms in total. The fourth-order valence-corrected chi connectivity index (χ4v) is 4.06. The molecule has 0 unspecified atom stereocenters. The fourth-order valence-electron chi connectivity index (χ4n) is 4.06. The monoisotopic (exact) mass is 367 g/mol. The first-order valence-corrected chi connectivity index (χ1v) is 9.47. The molecule has 2 saturated heterocycles. The molecule has 0 bridgehead atoms. The van der Waals surface area contributed by atoms with Crippen molar-refractivity contribution in [2.75, 3.05) is 31.1 Å². The number of urea groups is 1. The Labute approximate surface area is 159 Å². The van der Waals surface area contributed by atoms with Gasteiger partial charge < -0.3 is 14.8 Å². The zero-order chi connectivity index (χ0) is 19.0. The van der Waals surface area contributed by atoms with Gasteiger partial charge in [0.2, 0.25) is 0 Å². The normalized spacial score (nSPS) is 20.1. The first kappa shape index (κ1) is 17.6. The number of rotatable bonds is 3. The van der Waals surface area contributed by atoms with Crippen LogP contribution >= 0.6 is 0 Å². The van der Waals surface area contributed by atoms with Crippen LogP contribution in [0.4, 0.5) is 10.5 Å². The Bertz CT molecular complexity index is 875. The Balaban J connectivity index is 1.55. The van der Waals surface area contributed by atoms with E-state index in [0.717, 1.165) is 36.5 Å². The second kappa shape index (κ2) is 7.06. The Kier molecular flexibility index (Phi) is 4.59. The van der Waals surface area contributed by atoms with Gasteiger partial charge in [-0.2, -0.15) is 0 Å². The van der Waals surface area contributed by atoms with Crippen LogP contribution in [0.25, 0.3) is 0 Å². The summed E-state index contributed by atoms with van der Waals surface area (Å²) in [6.07, 6.45) is 5.77. The number of imidazole rings is 1. The SMILES string of the molecule is Cc1ccc(C(=O)N2CCC[C@@H](c3nccn3C)C2)cc1N1CCNC1=O. The van der Waals surface area contributed by atoms with Gasteiger partial charge in [0.25, 0.3) is 5.91 Å². The Morgan fingerprint density at radius 2 is 2.15 bits per heavy atom. The van der Waals surface area contributed by atoms with Gasteiger partial charge in [0.05, 0.1) is 0 Å². The average molecular weight is 367 g/mol. The molecule has 7 heteroatoms. The molecule has 1 atom stereocenters. The van der Waals surface area contributed by atoms with Crippen LogP contribution in [0.5, 0.6) is 0 Å². The lowest BCUT2D eigenvalue weighted by Crippen LogP contribution is -2.39. The molecule has 0 aliphatic carbocycles. The van der Waals surface area contributed by atoms with Crippen molar-refractivity contribution in [3.63, 3.8) is 0 Å². The van der Waals surface area contributed by atoms with Crippen molar-refractivity contribution in [2.45, 2.75) is 25.7 Å². The number of amides is 3. The van der Waals surface area contributed by atoms with Crippen LogP contribution < -0.4 is 10.2 Å². The molecule has 0 saturated carbocycles. The number of anilines is 1. The summed E-state index contributed by atoms with van der Waals surface area (Å²) >= 11 is 0. The molecule has 142 valence electrons. The third-order valence-corrected chi connectivity index (χ3v) is 5.54.